The van der Waals surface area contributed by atoms with Crippen LogP contribution in [0.4, 0.5) is 0 Å². The number of hydrogen-bond acceptors (Lipinski definition) is 2. The maximum atomic E-state index is 4.55. The highest BCUT2D eigenvalue weighted by Crippen LogP contribution is 2.10. The van der Waals surface area contributed by atoms with E-state index in [1.165, 1.54) is 30.5 Å². The second-order valence-electron chi connectivity index (χ2n) is 4.19. The molecule has 0 unspecified atom stereocenters. The van der Waals surface area contributed by atoms with E-state index < -0.39 is 0 Å². The van der Waals surface area contributed by atoms with Crippen molar-refractivity contribution in [2.45, 2.75) is 46.0 Å². The van der Waals surface area contributed by atoms with Crippen LogP contribution >= 0.6 is 0 Å². The molecule has 0 bridgehead atoms. The van der Waals surface area contributed by atoms with Gasteiger partial charge in [0.2, 0.25) is 0 Å². The van der Waals surface area contributed by atoms with Crippen molar-refractivity contribution in [2.75, 3.05) is 7.05 Å². The smallest absolute Gasteiger partial charge is 0.0413 e. The molecule has 0 fully saturated rings. The summed E-state index contributed by atoms with van der Waals surface area (Å²) in [6.07, 6.45) is 7.63. The first kappa shape index (κ1) is 12.9. The minimum absolute atomic E-state index is 0.986. The molecule has 0 aromatic carbocycles. The average Bonchev–Trinajstić information content (AvgIpc) is 2.26. The summed E-state index contributed by atoms with van der Waals surface area (Å²) in [5.74, 6) is 0. The van der Waals surface area contributed by atoms with Crippen LogP contribution in [-0.2, 0) is 12.8 Å². The summed E-state index contributed by atoms with van der Waals surface area (Å²) in [5, 5.41) is 0. The summed E-state index contributed by atoms with van der Waals surface area (Å²) in [7, 11) is 1.82. The molecular weight excluding hydrogens is 196 g/mol. The van der Waals surface area contributed by atoms with Crippen LogP contribution in [0.15, 0.2) is 17.1 Å². The minimum Gasteiger partial charge on any atom is -0.301 e. The van der Waals surface area contributed by atoms with E-state index in [1.807, 2.05) is 13.3 Å². The third kappa shape index (κ3) is 4.56. The number of aryl methyl sites for hydroxylation is 3. The molecule has 0 aliphatic heterocycles. The summed E-state index contributed by atoms with van der Waals surface area (Å²) in [4.78, 5) is 8.54. The fraction of sp³-hybridized carbons (Fsp3) is 0.571. The van der Waals surface area contributed by atoms with Gasteiger partial charge in [0.25, 0.3) is 0 Å². The summed E-state index contributed by atoms with van der Waals surface area (Å²) in [6.45, 7) is 4.31. The van der Waals surface area contributed by atoms with Crippen molar-refractivity contribution in [3.63, 3.8) is 0 Å². The van der Waals surface area contributed by atoms with Gasteiger partial charge in [0.1, 0.15) is 0 Å². The van der Waals surface area contributed by atoms with Crippen LogP contribution in [0, 0.1) is 6.92 Å². The lowest BCUT2D eigenvalue weighted by atomic mass is 10.1. The zero-order valence-electron chi connectivity index (χ0n) is 10.7. The Hall–Kier alpha value is -1.18. The van der Waals surface area contributed by atoms with Gasteiger partial charge >= 0.3 is 0 Å². The van der Waals surface area contributed by atoms with Crippen molar-refractivity contribution in [3.8, 4) is 0 Å². The predicted octanol–water partition coefficient (Wildman–Crippen LogP) is 3.37. The first-order chi connectivity index (χ1) is 7.76. The van der Waals surface area contributed by atoms with Crippen LogP contribution in [0.25, 0.3) is 0 Å². The van der Waals surface area contributed by atoms with E-state index in [1.54, 1.807) is 0 Å². The summed E-state index contributed by atoms with van der Waals surface area (Å²) >= 11 is 0. The van der Waals surface area contributed by atoms with E-state index in [-0.39, 0.29) is 0 Å². The Morgan fingerprint density at radius 1 is 1.31 bits per heavy atom. The van der Waals surface area contributed by atoms with Gasteiger partial charge in [-0.05, 0) is 56.5 Å². The average molecular weight is 218 g/mol. The van der Waals surface area contributed by atoms with E-state index in [2.05, 4.69) is 36.0 Å². The van der Waals surface area contributed by atoms with Crippen LogP contribution in [0.3, 0.4) is 0 Å². The summed E-state index contributed by atoms with van der Waals surface area (Å²) < 4.78 is 0. The maximum Gasteiger partial charge on any atom is 0.0413 e. The van der Waals surface area contributed by atoms with Gasteiger partial charge in [-0.1, -0.05) is 13.3 Å². The molecule has 2 heteroatoms. The van der Waals surface area contributed by atoms with Gasteiger partial charge in [0, 0.05) is 18.4 Å². The van der Waals surface area contributed by atoms with Crippen LogP contribution in [0.1, 0.15) is 43.1 Å². The number of unbranched alkanes of at least 4 members (excludes halogenated alkanes) is 1. The van der Waals surface area contributed by atoms with Crippen molar-refractivity contribution < 1.29 is 0 Å². The third-order valence-electron chi connectivity index (χ3n) is 2.60. The van der Waals surface area contributed by atoms with E-state index in [9.17, 15) is 0 Å². The van der Waals surface area contributed by atoms with Crippen molar-refractivity contribution in [1.82, 2.24) is 4.98 Å². The van der Waals surface area contributed by atoms with Crippen LogP contribution < -0.4 is 0 Å². The van der Waals surface area contributed by atoms with E-state index >= 15 is 0 Å². The summed E-state index contributed by atoms with van der Waals surface area (Å²) in [6, 6.07) is 4.44. The van der Waals surface area contributed by atoms with Crippen molar-refractivity contribution in [1.29, 1.82) is 0 Å². The zero-order valence-corrected chi connectivity index (χ0v) is 10.7. The Morgan fingerprint density at radius 3 is 2.81 bits per heavy atom. The fourth-order valence-electron chi connectivity index (χ4n) is 1.81. The molecule has 1 aromatic heterocycles. The van der Waals surface area contributed by atoms with Crippen LogP contribution in [-0.4, -0.2) is 18.2 Å². The third-order valence-corrected chi connectivity index (χ3v) is 2.60. The van der Waals surface area contributed by atoms with Gasteiger partial charge in [-0.15, -0.1) is 0 Å². The van der Waals surface area contributed by atoms with E-state index in [4.69, 9.17) is 0 Å². The highest BCUT2D eigenvalue weighted by atomic mass is 14.7. The fourth-order valence-corrected chi connectivity index (χ4v) is 1.81. The first-order valence-electron chi connectivity index (χ1n) is 6.13. The number of rotatable bonds is 6. The molecule has 0 radical (unpaired) electrons. The van der Waals surface area contributed by atoms with E-state index in [0.29, 0.717) is 0 Å². The standard InChI is InChI=1S/C14H22N2/c1-4-5-7-13-10-12(2)16-14(11-13)8-6-9-15-3/h9-11H,4-8H2,1-3H3. The second kappa shape index (κ2) is 7.15. The van der Waals surface area contributed by atoms with Gasteiger partial charge in [0.15, 0.2) is 0 Å². The Labute approximate surface area is 98.8 Å². The second-order valence-corrected chi connectivity index (χ2v) is 4.19. The van der Waals surface area contributed by atoms with Gasteiger partial charge in [-0.25, -0.2) is 0 Å². The Balaban J connectivity index is 2.65. The molecular formula is C14H22N2. The SMILES string of the molecule is CCCCc1cc(C)nc(CCC=NC)c1. The van der Waals surface area contributed by atoms with Crippen LogP contribution in [0.2, 0.25) is 0 Å². The molecule has 0 aliphatic rings. The molecule has 0 spiro atoms. The largest absolute Gasteiger partial charge is 0.301 e. The lowest BCUT2D eigenvalue weighted by Crippen LogP contribution is -1.97. The molecule has 0 atom stereocenters. The molecule has 2 nitrogen and oxygen atoms in total. The number of nitrogens with zero attached hydrogens (tertiary/aromatic N) is 2. The Morgan fingerprint density at radius 2 is 2.12 bits per heavy atom. The number of aliphatic imine (C=N–C) groups is 1. The normalized spacial score (nSPS) is 11.2. The molecule has 0 N–H and O–H groups in total. The Bertz CT molecular complexity index is 343. The van der Waals surface area contributed by atoms with Crippen molar-refractivity contribution in [2.24, 2.45) is 4.99 Å². The zero-order chi connectivity index (χ0) is 11.8. The molecule has 1 rings (SSSR count). The van der Waals surface area contributed by atoms with E-state index in [0.717, 1.165) is 18.5 Å². The molecule has 0 saturated heterocycles. The molecule has 0 amide bonds. The molecule has 0 saturated carbocycles. The molecule has 1 aromatic rings. The molecule has 0 aliphatic carbocycles. The monoisotopic (exact) mass is 218 g/mol. The highest BCUT2D eigenvalue weighted by molar-refractivity contribution is 5.57. The lowest BCUT2D eigenvalue weighted by Gasteiger charge is -2.05. The lowest BCUT2D eigenvalue weighted by molar-refractivity contribution is 0.789. The predicted molar refractivity (Wildman–Crippen MR) is 70.3 cm³/mol. The molecule has 16 heavy (non-hydrogen) atoms. The topological polar surface area (TPSA) is 25.2 Å². The summed E-state index contributed by atoms with van der Waals surface area (Å²) in [5.41, 5.74) is 3.76. The molecule has 88 valence electrons. The quantitative estimate of drug-likeness (QED) is 0.672. The minimum atomic E-state index is 0.986. The van der Waals surface area contributed by atoms with Gasteiger partial charge in [0.05, 0.1) is 0 Å². The Kier molecular flexibility index (Phi) is 5.76. The number of aromatic nitrogens is 1. The highest BCUT2D eigenvalue weighted by Gasteiger charge is 2.00. The van der Waals surface area contributed by atoms with Crippen LogP contribution in [0.5, 0.6) is 0 Å². The van der Waals surface area contributed by atoms with Crippen molar-refractivity contribution >= 4 is 6.21 Å². The number of hydrogen-bond donors (Lipinski definition) is 0. The molecule has 1 heterocycles. The maximum absolute atomic E-state index is 4.55. The van der Waals surface area contributed by atoms with Gasteiger partial charge in [-0.2, -0.15) is 0 Å². The first-order valence-corrected chi connectivity index (χ1v) is 6.13. The van der Waals surface area contributed by atoms with Gasteiger partial charge in [-0.3, -0.25) is 4.98 Å². The van der Waals surface area contributed by atoms with Crippen molar-refractivity contribution in [3.05, 3.63) is 29.1 Å². The van der Waals surface area contributed by atoms with Gasteiger partial charge < -0.3 is 4.99 Å². The number of pyridine rings is 1.